The molecule has 1 N–H and O–H groups in total. The first-order valence-electron chi connectivity index (χ1n) is 5.60. The zero-order valence-electron chi connectivity index (χ0n) is 9.74. The number of hydrogen-bond donors (Lipinski definition) is 1. The van der Waals surface area contributed by atoms with Gasteiger partial charge in [-0.1, -0.05) is 30.1 Å². The van der Waals surface area contributed by atoms with Crippen molar-refractivity contribution in [2.45, 2.75) is 25.8 Å². The molecule has 0 radical (unpaired) electrons. The molecule has 1 unspecified atom stereocenters. The van der Waals surface area contributed by atoms with Crippen LogP contribution in [0.1, 0.15) is 19.8 Å². The van der Waals surface area contributed by atoms with Gasteiger partial charge in [-0.3, -0.25) is 4.79 Å². The van der Waals surface area contributed by atoms with Gasteiger partial charge in [0, 0.05) is 22.5 Å². The van der Waals surface area contributed by atoms with Crippen LogP contribution < -0.4 is 10.2 Å². The number of nitrogens with one attached hydrogen (secondary N) is 1. The minimum atomic E-state index is -0.434. The quantitative estimate of drug-likeness (QED) is 0.908. The second-order valence-corrected chi connectivity index (χ2v) is 4.99. The molecule has 1 atom stereocenters. The first-order chi connectivity index (χ1) is 8.51. The average Bonchev–Trinajstić information content (AvgIpc) is 2.26. The van der Waals surface area contributed by atoms with Crippen molar-refractivity contribution in [2.75, 3.05) is 4.90 Å². The number of imide groups is 1. The molecule has 1 heterocycles. The van der Waals surface area contributed by atoms with E-state index in [0.29, 0.717) is 15.7 Å². The average molecular weight is 287 g/mol. The second-order valence-electron chi connectivity index (χ2n) is 4.12. The maximum absolute atomic E-state index is 12.0. The van der Waals surface area contributed by atoms with Gasteiger partial charge in [-0.2, -0.15) is 0 Å². The van der Waals surface area contributed by atoms with Crippen molar-refractivity contribution >= 4 is 40.8 Å². The van der Waals surface area contributed by atoms with Crippen LogP contribution >= 0.6 is 23.2 Å². The molecule has 1 aliphatic rings. The van der Waals surface area contributed by atoms with Crippen LogP contribution in [0.3, 0.4) is 0 Å². The van der Waals surface area contributed by atoms with Crippen molar-refractivity contribution in [3.63, 3.8) is 0 Å². The highest BCUT2D eigenvalue weighted by Crippen LogP contribution is 2.27. The van der Waals surface area contributed by atoms with Gasteiger partial charge < -0.3 is 5.32 Å². The lowest BCUT2D eigenvalue weighted by Crippen LogP contribution is -2.54. The molecule has 6 heteroatoms. The highest BCUT2D eigenvalue weighted by molar-refractivity contribution is 6.35. The minimum Gasteiger partial charge on any atom is -0.334 e. The summed E-state index contributed by atoms with van der Waals surface area (Å²) in [6.45, 7) is 1.92. The molecule has 0 spiro atoms. The molecule has 0 saturated carbocycles. The smallest absolute Gasteiger partial charge is 0.328 e. The van der Waals surface area contributed by atoms with Gasteiger partial charge in [0.05, 0.1) is 5.69 Å². The maximum atomic E-state index is 12.0. The Kier molecular flexibility index (Phi) is 3.78. The first kappa shape index (κ1) is 13.2. The Bertz CT molecular complexity index is 467. The van der Waals surface area contributed by atoms with Gasteiger partial charge in [-0.25, -0.2) is 9.69 Å². The van der Waals surface area contributed by atoms with E-state index in [-0.39, 0.29) is 18.4 Å². The van der Waals surface area contributed by atoms with Crippen molar-refractivity contribution < 1.29 is 9.59 Å². The number of carbonyl (C=O) groups is 2. The summed E-state index contributed by atoms with van der Waals surface area (Å²) in [7, 11) is 0. The highest BCUT2D eigenvalue weighted by Gasteiger charge is 2.32. The van der Waals surface area contributed by atoms with Crippen LogP contribution in [0.15, 0.2) is 18.2 Å². The lowest BCUT2D eigenvalue weighted by Gasteiger charge is -2.30. The van der Waals surface area contributed by atoms with Crippen LogP contribution in [0.2, 0.25) is 10.0 Å². The molecule has 1 aromatic carbocycles. The second kappa shape index (κ2) is 5.16. The summed E-state index contributed by atoms with van der Waals surface area (Å²) in [5, 5.41) is 3.53. The van der Waals surface area contributed by atoms with Crippen molar-refractivity contribution in [1.82, 2.24) is 5.32 Å². The molecular weight excluding hydrogens is 275 g/mol. The molecule has 0 aliphatic carbocycles. The molecule has 1 saturated heterocycles. The van der Waals surface area contributed by atoms with Gasteiger partial charge in [0.1, 0.15) is 0 Å². The van der Waals surface area contributed by atoms with Gasteiger partial charge in [0.15, 0.2) is 0 Å². The summed E-state index contributed by atoms with van der Waals surface area (Å²) in [4.78, 5) is 25.0. The summed E-state index contributed by atoms with van der Waals surface area (Å²) in [6.07, 6.45) is 1.01. The van der Waals surface area contributed by atoms with E-state index in [9.17, 15) is 9.59 Å². The molecule has 0 aromatic heterocycles. The number of halogens is 2. The molecule has 1 aliphatic heterocycles. The predicted molar refractivity (Wildman–Crippen MR) is 71.2 cm³/mol. The standard InChI is InChI=1S/C12H12Cl2N2O2/c1-2-9-6-11(17)16(12(18)15-9)10-4-7(13)3-8(14)5-10/h3-5,9H,2,6H2,1H3,(H,15,18). The summed E-state index contributed by atoms with van der Waals surface area (Å²) in [6, 6.07) is 4.09. The summed E-state index contributed by atoms with van der Waals surface area (Å²) < 4.78 is 0. The van der Waals surface area contributed by atoms with Crippen LogP contribution in [0.5, 0.6) is 0 Å². The fraction of sp³-hybridized carbons (Fsp3) is 0.333. The van der Waals surface area contributed by atoms with Crippen LogP contribution in [0, 0.1) is 0 Å². The fourth-order valence-corrected chi connectivity index (χ4v) is 2.40. The van der Waals surface area contributed by atoms with E-state index in [1.54, 1.807) is 6.07 Å². The Morgan fingerprint density at radius 2 is 1.89 bits per heavy atom. The van der Waals surface area contributed by atoms with Crippen molar-refractivity contribution in [2.24, 2.45) is 0 Å². The largest absolute Gasteiger partial charge is 0.334 e. The van der Waals surface area contributed by atoms with Crippen LogP contribution in [0.25, 0.3) is 0 Å². The Labute approximate surface area is 115 Å². The van der Waals surface area contributed by atoms with Gasteiger partial charge in [0.25, 0.3) is 0 Å². The Balaban J connectivity index is 2.32. The lowest BCUT2D eigenvalue weighted by atomic mass is 10.1. The lowest BCUT2D eigenvalue weighted by molar-refractivity contribution is -0.119. The van der Waals surface area contributed by atoms with Crippen LogP contribution in [0.4, 0.5) is 10.5 Å². The molecular formula is C12H12Cl2N2O2. The molecule has 18 heavy (non-hydrogen) atoms. The van der Waals surface area contributed by atoms with E-state index in [0.717, 1.165) is 11.3 Å². The molecule has 0 bridgehead atoms. The van der Waals surface area contributed by atoms with Gasteiger partial charge >= 0.3 is 6.03 Å². The van der Waals surface area contributed by atoms with Crippen molar-refractivity contribution in [1.29, 1.82) is 0 Å². The third-order valence-corrected chi connectivity index (χ3v) is 3.24. The third kappa shape index (κ3) is 2.60. The van der Waals surface area contributed by atoms with Crippen molar-refractivity contribution in [3.05, 3.63) is 28.2 Å². The Hall–Kier alpha value is -1.26. The molecule has 2 rings (SSSR count). The fourth-order valence-electron chi connectivity index (χ4n) is 1.88. The number of carbonyl (C=O) groups excluding carboxylic acids is 2. The van der Waals surface area contributed by atoms with E-state index < -0.39 is 6.03 Å². The molecule has 1 aromatic rings. The third-order valence-electron chi connectivity index (χ3n) is 2.80. The van der Waals surface area contributed by atoms with Crippen LogP contribution in [-0.2, 0) is 4.79 Å². The summed E-state index contributed by atoms with van der Waals surface area (Å²) in [5.41, 5.74) is 0.393. The SMILES string of the molecule is CCC1CC(=O)N(c2cc(Cl)cc(Cl)c2)C(=O)N1. The van der Waals surface area contributed by atoms with Crippen LogP contribution in [-0.4, -0.2) is 18.0 Å². The molecule has 96 valence electrons. The predicted octanol–water partition coefficient (Wildman–Crippen LogP) is 3.22. The number of amides is 3. The van der Waals surface area contributed by atoms with E-state index in [1.807, 2.05) is 6.92 Å². The van der Waals surface area contributed by atoms with Gasteiger partial charge in [0.2, 0.25) is 5.91 Å². The number of urea groups is 1. The zero-order valence-corrected chi connectivity index (χ0v) is 11.3. The number of anilines is 1. The number of hydrogen-bond acceptors (Lipinski definition) is 2. The van der Waals surface area contributed by atoms with Gasteiger partial charge in [-0.15, -0.1) is 0 Å². The van der Waals surface area contributed by atoms with E-state index in [2.05, 4.69) is 5.32 Å². The number of benzene rings is 1. The van der Waals surface area contributed by atoms with Crippen molar-refractivity contribution in [3.8, 4) is 0 Å². The molecule has 4 nitrogen and oxygen atoms in total. The molecule has 3 amide bonds. The first-order valence-corrected chi connectivity index (χ1v) is 6.36. The maximum Gasteiger partial charge on any atom is 0.328 e. The number of nitrogens with zero attached hydrogens (tertiary/aromatic N) is 1. The normalized spacial score (nSPS) is 19.9. The highest BCUT2D eigenvalue weighted by atomic mass is 35.5. The van der Waals surface area contributed by atoms with E-state index in [4.69, 9.17) is 23.2 Å². The summed E-state index contributed by atoms with van der Waals surface area (Å²) >= 11 is 11.7. The molecule has 1 fully saturated rings. The Morgan fingerprint density at radius 1 is 1.28 bits per heavy atom. The van der Waals surface area contributed by atoms with Gasteiger partial charge in [-0.05, 0) is 24.6 Å². The topological polar surface area (TPSA) is 49.4 Å². The Morgan fingerprint density at radius 3 is 2.39 bits per heavy atom. The van der Waals surface area contributed by atoms with E-state index >= 15 is 0 Å². The zero-order chi connectivity index (χ0) is 13.3. The van der Waals surface area contributed by atoms with E-state index in [1.165, 1.54) is 12.1 Å². The monoisotopic (exact) mass is 286 g/mol. The summed E-state index contributed by atoms with van der Waals surface area (Å²) in [5.74, 6) is -0.246. The number of rotatable bonds is 2. The minimum absolute atomic E-state index is 0.101.